The van der Waals surface area contributed by atoms with E-state index in [0.29, 0.717) is 5.92 Å². The van der Waals surface area contributed by atoms with Crippen LogP contribution in [0.4, 0.5) is 4.79 Å². The summed E-state index contributed by atoms with van der Waals surface area (Å²) in [6, 6.07) is -0.0329. The molecule has 0 spiro atoms. The Morgan fingerprint density at radius 3 is 2.56 bits per heavy atom. The predicted molar refractivity (Wildman–Crippen MR) is 66.3 cm³/mol. The molecule has 0 aromatic rings. The van der Waals surface area contributed by atoms with Crippen molar-refractivity contribution >= 4 is 12.0 Å². The van der Waals surface area contributed by atoms with Gasteiger partial charge in [0, 0.05) is 19.1 Å². The Labute approximate surface area is 107 Å². The predicted octanol–water partition coefficient (Wildman–Crippen LogP) is 0.101. The van der Waals surface area contributed by atoms with Gasteiger partial charge in [0.2, 0.25) is 0 Å². The first kappa shape index (κ1) is 13.1. The molecule has 0 saturated carbocycles. The molecular formula is C12H21N3O3. The number of hydrogen-bond acceptors (Lipinski definition) is 3. The molecule has 0 aromatic heterocycles. The number of hydrogen-bond donors (Lipinski definition) is 3. The molecule has 2 bridgehead atoms. The average Bonchev–Trinajstić information content (AvgIpc) is 2.37. The Morgan fingerprint density at radius 2 is 2.06 bits per heavy atom. The van der Waals surface area contributed by atoms with E-state index in [1.165, 1.54) is 0 Å². The topological polar surface area (TPSA) is 81.7 Å². The third-order valence-corrected chi connectivity index (χ3v) is 3.96. The van der Waals surface area contributed by atoms with Gasteiger partial charge in [-0.25, -0.2) is 4.79 Å². The molecule has 3 rings (SSSR count). The number of amides is 2. The molecule has 18 heavy (non-hydrogen) atoms. The molecule has 2 atom stereocenters. The van der Waals surface area contributed by atoms with Crippen LogP contribution in [-0.4, -0.2) is 54.2 Å². The van der Waals surface area contributed by atoms with Gasteiger partial charge in [-0.3, -0.25) is 4.79 Å². The summed E-state index contributed by atoms with van der Waals surface area (Å²) < 4.78 is 0. The van der Waals surface area contributed by atoms with Gasteiger partial charge in [0.1, 0.15) is 0 Å². The Balaban J connectivity index is 1.73. The summed E-state index contributed by atoms with van der Waals surface area (Å²) in [6.07, 6.45) is 2.30. The molecule has 6 heteroatoms. The Morgan fingerprint density at radius 1 is 1.39 bits per heavy atom. The summed E-state index contributed by atoms with van der Waals surface area (Å²) in [5.74, 6) is -0.863. The standard InChI is InChI=1S/C12H21N3O3/c1-8(11(16)17)6-13-12(18)14-10-7-15-4-2-9(10)3-5-15/h8-10H,2-7H2,1H3,(H,16,17)(H2,13,14,18). The van der Waals surface area contributed by atoms with Crippen molar-refractivity contribution in [2.45, 2.75) is 25.8 Å². The molecule has 6 nitrogen and oxygen atoms in total. The van der Waals surface area contributed by atoms with Crippen LogP contribution in [-0.2, 0) is 4.79 Å². The minimum atomic E-state index is -0.891. The molecule has 0 aromatic carbocycles. The van der Waals surface area contributed by atoms with E-state index in [0.717, 1.165) is 32.5 Å². The highest BCUT2D eigenvalue weighted by atomic mass is 16.4. The first-order valence-electron chi connectivity index (χ1n) is 6.56. The molecule has 3 fully saturated rings. The first-order chi connectivity index (χ1) is 8.56. The number of carbonyl (C=O) groups is 2. The number of nitrogens with one attached hydrogen (secondary N) is 2. The van der Waals surface area contributed by atoms with Crippen molar-refractivity contribution in [2.24, 2.45) is 11.8 Å². The lowest BCUT2D eigenvalue weighted by atomic mass is 9.84. The maximum atomic E-state index is 11.7. The zero-order valence-electron chi connectivity index (χ0n) is 10.7. The van der Waals surface area contributed by atoms with Crippen molar-refractivity contribution in [3.05, 3.63) is 0 Å². The number of nitrogens with zero attached hydrogens (tertiary/aromatic N) is 1. The van der Waals surface area contributed by atoms with Crippen LogP contribution in [0, 0.1) is 11.8 Å². The summed E-state index contributed by atoms with van der Waals surface area (Å²) in [5, 5.41) is 14.3. The van der Waals surface area contributed by atoms with Crippen LogP contribution in [0.2, 0.25) is 0 Å². The number of piperidine rings is 3. The summed E-state index contributed by atoms with van der Waals surface area (Å²) in [6.45, 7) is 4.95. The van der Waals surface area contributed by atoms with Crippen LogP contribution in [0.1, 0.15) is 19.8 Å². The summed E-state index contributed by atoms with van der Waals surface area (Å²) in [7, 11) is 0. The van der Waals surface area contributed by atoms with Gasteiger partial charge in [-0.15, -0.1) is 0 Å². The first-order valence-corrected chi connectivity index (χ1v) is 6.56. The van der Waals surface area contributed by atoms with Crippen molar-refractivity contribution in [3.63, 3.8) is 0 Å². The van der Waals surface area contributed by atoms with Crippen LogP contribution in [0.3, 0.4) is 0 Å². The van der Waals surface area contributed by atoms with E-state index >= 15 is 0 Å². The number of carboxylic acids is 1. The zero-order valence-corrected chi connectivity index (χ0v) is 10.7. The number of carbonyl (C=O) groups excluding carboxylic acids is 1. The second-order valence-corrected chi connectivity index (χ2v) is 5.34. The molecule has 2 unspecified atom stereocenters. The van der Waals surface area contributed by atoms with E-state index in [1.54, 1.807) is 6.92 Å². The van der Waals surface area contributed by atoms with E-state index in [4.69, 9.17) is 5.11 Å². The summed E-state index contributed by atoms with van der Waals surface area (Å²) >= 11 is 0. The van der Waals surface area contributed by atoms with E-state index in [1.807, 2.05) is 0 Å². The van der Waals surface area contributed by atoms with Crippen molar-refractivity contribution in [1.29, 1.82) is 0 Å². The average molecular weight is 255 g/mol. The fraction of sp³-hybridized carbons (Fsp3) is 0.833. The third kappa shape index (κ3) is 3.13. The number of carboxylic acid groups (broad SMARTS) is 1. The Hall–Kier alpha value is -1.30. The number of rotatable bonds is 4. The van der Waals surface area contributed by atoms with Crippen LogP contribution in [0.25, 0.3) is 0 Å². The molecule has 0 aliphatic carbocycles. The largest absolute Gasteiger partial charge is 0.481 e. The molecular weight excluding hydrogens is 234 g/mol. The van der Waals surface area contributed by atoms with E-state index < -0.39 is 11.9 Å². The third-order valence-electron chi connectivity index (χ3n) is 3.96. The number of urea groups is 1. The quantitative estimate of drug-likeness (QED) is 0.665. The van der Waals surface area contributed by atoms with Gasteiger partial charge in [0.15, 0.2) is 0 Å². The second-order valence-electron chi connectivity index (χ2n) is 5.34. The SMILES string of the molecule is CC(CNC(=O)NC1CN2CCC1CC2)C(=O)O. The highest BCUT2D eigenvalue weighted by Crippen LogP contribution is 2.27. The van der Waals surface area contributed by atoms with Gasteiger partial charge >= 0.3 is 12.0 Å². The monoisotopic (exact) mass is 255 g/mol. The maximum Gasteiger partial charge on any atom is 0.315 e. The molecule has 3 saturated heterocycles. The lowest BCUT2D eigenvalue weighted by Crippen LogP contribution is -2.58. The maximum absolute atomic E-state index is 11.7. The lowest BCUT2D eigenvalue weighted by molar-refractivity contribution is -0.140. The van der Waals surface area contributed by atoms with Gasteiger partial charge in [0.25, 0.3) is 0 Å². The van der Waals surface area contributed by atoms with Gasteiger partial charge in [0.05, 0.1) is 5.92 Å². The Bertz CT molecular complexity index is 327. The smallest absolute Gasteiger partial charge is 0.315 e. The van der Waals surface area contributed by atoms with E-state index in [2.05, 4.69) is 15.5 Å². The summed E-state index contributed by atoms with van der Waals surface area (Å²) in [5.41, 5.74) is 0. The molecule has 3 heterocycles. The van der Waals surface area contributed by atoms with Crippen LogP contribution in [0.15, 0.2) is 0 Å². The number of aliphatic carboxylic acids is 1. The number of fused-ring (bicyclic) bond motifs is 3. The molecule has 102 valence electrons. The Kier molecular flexibility index (Phi) is 4.06. The minimum absolute atomic E-state index is 0.169. The highest BCUT2D eigenvalue weighted by molar-refractivity contribution is 5.76. The van der Waals surface area contributed by atoms with Gasteiger partial charge < -0.3 is 20.6 Å². The second kappa shape index (κ2) is 5.56. The molecule has 2 amide bonds. The summed E-state index contributed by atoms with van der Waals surface area (Å²) in [4.78, 5) is 24.7. The van der Waals surface area contributed by atoms with Gasteiger partial charge in [-0.2, -0.15) is 0 Å². The van der Waals surface area contributed by atoms with E-state index in [-0.39, 0.29) is 18.6 Å². The molecule has 3 N–H and O–H groups in total. The molecule has 0 radical (unpaired) electrons. The minimum Gasteiger partial charge on any atom is -0.481 e. The van der Waals surface area contributed by atoms with Crippen molar-refractivity contribution in [3.8, 4) is 0 Å². The van der Waals surface area contributed by atoms with Crippen LogP contribution in [0.5, 0.6) is 0 Å². The fourth-order valence-electron chi connectivity index (χ4n) is 2.68. The van der Waals surface area contributed by atoms with Crippen molar-refractivity contribution in [1.82, 2.24) is 15.5 Å². The lowest BCUT2D eigenvalue weighted by Gasteiger charge is -2.44. The fourth-order valence-corrected chi connectivity index (χ4v) is 2.68. The van der Waals surface area contributed by atoms with E-state index in [9.17, 15) is 9.59 Å². The van der Waals surface area contributed by atoms with Gasteiger partial charge in [-0.1, -0.05) is 6.92 Å². The van der Waals surface area contributed by atoms with Crippen molar-refractivity contribution in [2.75, 3.05) is 26.2 Å². The van der Waals surface area contributed by atoms with Gasteiger partial charge in [-0.05, 0) is 31.8 Å². The zero-order chi connectivity index (χ0) is 13.1. The molecule has 3 aliphatic heterocycles. The molecule has 3 aliphatic rings. The highest BCUT2D eigenvalue weighted by Gasteiger charge is 2.34. The normalized spacial score (nSPS) is 31.7. The van der Waals surface area contributed by atoms with Crippen molar-refractivity contribution < 1.29 is 14.7 Å². The van der Waals surface area contributed by atoms with Crippen LogP contribution < -0.4 is 10.6 Å². The van der Waals surface area contributed by atoms with Crippen LogP contribution >= 0.6 is 0 Å².